The first-order chi connectivity index (χ1) is 5.29. The molecule has 0 aromatic rings. The molecule has 2 aliphatic rings. The van der Waals surface area contributed by atoms with Gasteiger partial charge in [0.1, 0.15) is 0 Å². The van der Waals surface area contributed by atoms with Crippen molar-refractivity contribution in [2.24, 2.45) is 11.3 Å². The van der Waals surface area contributed by atoms with Crippen LogP contribution >= 0.6 is 0 Å². The predicted octanol–water partition coefficient (Wildman–Crippen LogP) is 1.02. The van der Waals surface area contributed by atoms with Gasteiger partial charge in [-0.25, -0.2) is 0 Å². The largest absolute Gasteiger partial charge is 0.380 e. The second-order valence-electron chi connectivity index (χ2n) is 4.37. The molecule has 0 spiro atoms. The molecule has 64 valence electrons. The Hall–Kier alpha value is -0.0800. The van der Waals surface area contributed by atoms with Crippen LogP contribution in [0.15, 0.2) is 0 Å². The highest BCUT2D eigenvalue weighted by atomic mass is 16.5. The Labute approximate surface area is 68.3 Å². The van der Waals surface area contributed by atoms with Crippen LogP contribution in [0.25, 0.3) is 0 Å². The summed E-state index contributed by atoms with van der Waals surface area (Å²) in [5.41, 5.74) is 0.524. The maximum atomic E-state index is 5.23. The van der Waals surface area contributed by atoms with Gasteiger partial charge in [-0.2, -0.15) is 0 Å². The zero-order chi connectivity index (χ0) is 7.73. The van der Waals surface area contributed by atoms with Gasteiger partial charge in [0.05, 0.1) is 13.2 Å². The fourth-order valence-electron chi connectivity index (χ4n) is 2.15. The van der Waals surface area contributed by atoms with E-state index in [1.165, 1.54) is 25.9 Å². The smallest absolute Gasteiger partial charge is 0.0542 e. The van der Waals surface area contributed by atoms with Crippen LogP contribution in [0, 0.1) is 11.3 Å². The Balaban J connectivity index is 1.79. The zero-order valence-electron chi connectivity index (χ0n) is 7.23. The molecular weight excluding hydrogens is 138 g/mol. The fourth-order valence-corrected chi connectivity index (χ4v) is 2.15. The van der Waals surface area contributed by atoms with Crippen molar-refractivity contribution >= 4 is 0 Å². The summed E-state index contributed by atoms with van der Waals surface area (Å²) >= 11 is 0. The van der Waals surface area contributed by atoms with E-state index in [1.807, 2.05) is 0 Å². The van der Waals surface area contributed by atoms with E-state index in [4.69, 9.17) is 4.74 Å². The van der Waals surface area contributed by atoms with Gasteiger partial charge in [-0.05, 0) is 31.8 Å². The summed E-state index contributed by atoms with van der Waals surface area (Å²) in [5.74, 6) is 0.920. The van der Waals surface area contributed by atoms with Gasteiger partial charge >= 0.3 is 0 Å². The van der Waals surface area contributed by atoms with Crippen molar-refractivity contribution in [1.82, 2.24) is 5.32 Å². The van der Waals surface area contributed by atoms with Crippen LogP contribution < -0.4 is 5.32 Å². The fraction of sp³-hybridized carbons (Fsp3) is 1.00. The Morgan fingerprint density at radius 2 is 2.36 bits per heavy atom. The molecule has 2 fully saturated rings. The van der Waals surface area contributed by atoms with Crippen LogP contribution in [0.1, 0.15) is 19.8 Å². The molecule has 0 aromatic heterocycles. The summed E-state index contributed by atoms with van der Waals surface area (Å²) in [7, 11) is 0. The lowest BCUT2D eigenvalue weighted by atomic mass is 9.79. The highest BCUT2D eigenvalue weighted by Gasteiger charge is 2.36. The number of hydrogen-bond acceptors (Lipinski definition) is 2. The minimum absolute atomic E-state index is 0.524. The van der Waals surface area contributed by atoms with E-state index in [2.05, 4.69) is 12.2 Å². The van der Waals surface area contributed by atoms with Crippen LogP contribution in [-0.2, 0) is 4.74 Å². The number of ether oxygens (including phenoxy) is 1. The lowest BCUT2D eigenvalue weighted by molar-refractivity contribution is -0.112. The Morgan fingerprint density at radius 1 is 1.55 bits per heavy atom. The van der Waals surface area contributed by atoms with E-state index in [9.17, 15) is 0 Å². The summed E-state index contributed by atoms with van der Waals surface area (Å²) in [6.07, 6.45) is 2.73. The maximum Gasteiger partial charge on any atom is 0.0542 e. The van der Waals surface area contributed by atoms with Crippen molar-refractivity contribution < 1.29 is 4.74 Å². The monoisotopic (exact) mass is 155 g/mol. The van der Waals surface area contributed by atoms with Crippen molar-refractivity contribution in [3.8, 4) is 0 Å². The summed E-state index contributed by atoms with van der Waals surface area (Å²) < 4.78 is 5.23. The molecule has 1 unspecified atom stereocenters. The molecule has 0 saturated carbocycles. The Kier molecular flexibility index (Phi) is 1.90. The number of rotatable bonds is 2. The first-order valence-corrected chi connectivity index (χ1v) is 4.57. The summed E-state index contributed by atoms with van der Waals surface area (Å²) in [5, 5.41) is 3.40. The zero-order valence-corrected chi connectivity index (χ0v) is 7.23. The van der Waals surface area contributed by atoms with Gasteiger partial charge in [0.2, 0.25) is 0 Å². The van der Waals surface area contributed by atoms with Gasteiger partial charge in [-0.3, -0.25) is 0 Å². The normalized spacial score (nSPS) is 35.2. The van der Waals surface area contributed by atoms with Gasteiger partial charge in [-0.15, -0.1) is 0 Å². The summed E-state index contributed by atoms with van der Waals surface area (Å²) in [6, 6.07) is 0. The standard InChI is InChI=1S/C9H17NO/c1-9(6-11-7-9)4-8-2-3-10-5-8/h8,10H,2-7H2,1H3. The second-order valence-corrected chi connectivity index (χ2v) is 4.37. The third kappa shape index (κ3) is 1.57. The van der Waals surface area contributed by atoms with Crippen molar-refractivity contribution in [3.05, 3.63) is 0 Å². The minimum atomic E-state index is 0.524. The van der Waals surface area contributed by atoms with Crippen molar-refractivity contribution in [2.45, 2.75) is 19.8 Å². The molecule has 0 bridgehead atoms. The molecule has 2 rings (SSSR count). The SMILES string of the molecule is CC1(CC2CCNC2)COC1. The topological polar surface area (TPSA) is 21.3 Å². The molecule has 11 heavy (non-hydrogen) atoms. The Morgan fingerprint density at radius 3 is 2.82 bits per heavy atom. The van der Waals surface area contributed by atoms with Crippen LogP contribution in [-0.4, -0.2) is 26.3 Å². The molecule has 0 radical (unpaired) electrons. The quantitative estimate of drug-likeness (QED) is 0.643. The molecule has 2 heterocycles. The number of nitrogens with one attached hydrogen (secondary N) is 1. The van der Waals surface area contributed by atoms with Crippen LogP contribution in [0.5, 0.6) is 0 Å². The van der Waals surface area contributed by atoms with Crippen LogP contribution in [0.2, 0.25) is 0 Å². The third-order valence-electron chi connectivity index (χ3n) is 2.84. The van der Waals surface area contributed by atoms with Crippen molar-refractivity contribution in [3.63, 3.8) is 0 Å². The molecule has 2 heteroatoms. The Bertz CT molecular complexity index is 136. The van der Waals surface area contributed by atoms with E-state index in [-0.39, 0.29) is 0 Å². The molecule has 2 saturated heterocycles. The molecule has 0 aliphatic carbocycles. The first-order valence-electron chi connectivity index (χ1n) is 4.57. The molecule has 1 N–H and O–H groups in total. The second kappa shape index (κ2) is 2.76. The lowest BCUT2D eigenvalue weighted by Gasteiger charge is -2.39. The predicted molar refractivity (Wildman–Crippen MR) is 44.5 cm³/mol. The van der Waals surface area contributed by atoms with E-state index in [1.54, 1.807) is 0 Å². The van der Waals surface area contributed by atoms with Gasteiger partial charge < -0.3 is 10.1 Å². The van der Waals surface area contributed by atoms with E-state index in [0.29, 0.717) is 5.41 Å². The molecule has 2 nitrogen and oxygen atoms in total. The molecule has 0 amide bonds. The minimum Gasteiger partial charge on any atom is -0.380 e. The lowest BCUT2D eigenvalue weighted by Crippen LogP contribution is -2.41. The molecule has 1 atom stereocenters. The van der Waals surface area contributed by atoms with Crippen LogP contribution in [0.4, 0.5) is 0 Å². The first kappa shape index (κ1) is 7.56. The van der Waals surface area contributed by atoms with Crippen LogP contribution in [0.3, 0.4) is 0 Å². The highest BCUT2D eigenvalue weighted by Crippen LogP contribution is 2.35. The van der Waals surface area contributed by atoms with Crippen molar-refractivity contribution in [2.75, 3.05) is 26.3 Å². The average Bonchev–Trinajstić information content (AvgIpc) is 2.36. The van der Waals surface area contributed by atoms with Gasteiger partial charge in [0, 0.05) is 5.41 Å². The number of hydrogen-bond donors (Lipinski definition) is 1. The van der Waals surface area contributed by atoms with Gasteiger partial charge in [0.15, 0.2) is 0 Å². The molecule has 2 aliphatic heterocycles. The van der Waals surface area contributed by atoms with Crippen molar-refractivity contribution in [1.29, 1.82) is 0 Å². The molecular formula is C9H17NO. The van der Waals surface area contributed by atoms with E-state index in [0.717, 1.165) is 19.1 Å². The van der Waals surface area contributed by atoms with Gasteiger partial charge in [-0.1, -0.05) is 6.92 Å². The average molecular weight is 155 g/mol. The summed E-state index contributed by atoms with van der Waals surface area (Å²) in [6.45, 7) is 6.78. The third-order valence-corrected chi connectivity index (χ3v) is 2.84. The van der Waals surface area contributed by atoms with E-state index >= 15 is 0 Å². The summed E-state index contributed by atoms with van der Waals surface area (Å²) in [4.78, 5) is 0. The highest BCUT2D eigenvalue weighted by molar-refractivity contribution is 4.85. The maximum absolute atomic E-state index is 5.23. The molecule has 0 aromatic carbocycles. The van der Waals surface area contributed by atoms with E-state index < -0.39 is 0 Å². The van der Waals surface area contributed by atoms with Gasteiger partial charge in [0.25, 0.3) is 0 Å².